The highest BCUT2D eigenvalue weighted by Gasteiger charge is 2.06. The van der Waals surface area contributed by atoms with Crippen molar-refractivity contribution >= 4 is 5.91 Å². The topological polar surface area (TPSA) is 50.4 Å². The lowest BCUT2D eigenvalue weighted by atomic mass is 10.2. The smallest absolute Gasteiger partial charge is 0.223 e. The van der Waals surface area contributed by atoms with Gasteiger partial charge in [-0.3, -0.25) is 4.79 Å². The SMILES string of the molecule is CCCNCc1ccc(OCCC(=O)NCC)c(F)c1. The Morgan fingerprint density at radius 3 is 2.80 bits per heavy atom. The molecule has 20 heavy (non-hydrogen) atoms. The summed E-state index contributed by atoms with van der Waals surface area (Å²) in [7, 11) is 0. The Balaban J connectivity index is 2.41. The largest absolute Gasteiger partial charge is 0.490 e. The first kappa shape index (κ1) is 16.4. The zero-order valence-corrected chi connectivity index (χ0v) is 12.2. The first-order valence-corrected chi connectivity index (χ1v) is 7.06. The molecule has 0 saturated heterocycles. The molecule has 4 nitrogen and oxygen atoms in total. The number of halogens is 1. The molecule has 0 radical (unpaired) electrons. The third-order valence-electron chi connectivity index (χ3n) is 2.71. The molecule has 1 amide bonds. The van der Waals surface area contributed by atoms with Gasteiger partial charge in [0, 0.05) is 13.1 Å². The lowest BCUT2D eigenvalue weighted by molar-refractivity contribution is -0.121. The van der Waals surface area contributed by atoms with E-state index < -0.39 is 5.82 Å². The first-order chi connectivity index (χ1) is 9.67. The van der Waals surface area contributed by atoms with Crippen molar-refractivity contribution in [3.05, 3.63) is 29.6 Å². The van der Waals surface area contributed by atoms with Crippen LogP contribution >= 0.6 is 0 Å². The molecule has 2 N–H and O–H groups in total. The van der Waals surface area contributed by atoms with Crippen molar-refractivity contribution in [2.75, 3.05) is 19.7 Å². The zero-order valence-electron chi connectivity index (χ0n) is 12.2. The Morgan fingerprint density at radius 2 is 2.15 bits per heavy atom. The fraction of sp³-hybridized carbons (Fsp3) is 0.533. The highest BCUT2D eigenvalue weighted by molar-refractivity contribution is 5.75. The second kappa shape index (κ2) is 9.31. The molecule has 1 aromatic carbocycles. The van der Waals surface area contributed by atoms with Gasteiger partial charge in [-0.1, -0.05) is 13.0 Å². The molecule has 0 fully saturated rings. The van der Waals surface area contributed by atoms with E-state index in [0.717, 1.165) is 18.5 Å². The number of ether oxygens (including phenoxy) is 1. The van der Waals surface area contributed by atoms with Crippen molar-refractivity contribution in [2.45, 2.75) is 33.2 Å². The molecule has 0 spiro atoms. The van der Waals surface area contributed by atoms with Gasteiger partial charge in [-0.05, 0) is 37.6 Å². The van der Waals surface area contributed by atoms with E-state index in [1.54, 1.807) is 6.07 Å². The molecule has 1 rings (SSSR count). The van der Waals surface area contributed by atoms with Crippen LogP contribution in [0.15, 0.2) is 18.2 Å². The van der Waals surface area contributed by atoms with Gasteiger partial charge in [0.05, 0.1) is 13.0 Å². The molecular weight excluding hydrogens is 259 g/mol. The van der Waals surface area contributed by atoms with Gasteiger partial charge in [-0.2, -0.15) is 0 Å². The third-order valence-corrected chi connectivity index (χ3v) is 2.71. The fourth-order valence-electron chi connectivity index (χ4n) is 1.72. The summed E-state index contributed by atoms with van der Waals surface area (Å²) in [5.41, 5.74) is 0.882. The molecule has 112 valence electrons. The van der Waals surface area contributed by atoms with Crippen LogP contribution in [0.25, 0.3) is 0 Å². The Labute approximate surface area is 119 Å². The van der Waals surface area contributed by atoms with Crippen molar-refractivity contribution in [3.63, 3.8) is 0 Å². The number of rotatable bonds is 9. The van der Waals surface area contributed by atoms with Gasteiger partial charge in [0.25, 0.3) is 0 Å². The summed E-state index contributed by atoms with van der Waals surface area (Å²) >= 11 is 0. The van der Waals surface area contributed by atoms with Gasteiger partial charge in [0.15, 0.2) is 11.6 Å². The number of benzene rings is 1. The fourth-order valence-corrected chi connectivity index (χ4v) is 1.72. The van der Waals surface area contributed by atoms with Crippen LogP contribution in [-0.4, -0.2) is 25.6 Å². The summed E-state index contributed by atoms with van der Waals surface area (Å²) in [6.45, 7) is 6.25. The van der Waals surface area contributed by atoms with E-state index in [0.29, 0.717) is 13.1 Å². The maximum atomic E-state index is 13.8. The summed E-state index contributed by atoms with van der Waals surface area (Å²) in [6, 6.07) is 4.90. The molecule has 0 atom stereocenters. The van der Waals surface area contributed by atoms with Gasteiger partial charge in [-0.25, -0.2) is 4.39 Å². The van der Waals surface area contributed by atoms with Crippen LogP contribution in [0.2, 0.25) is 0 Å². The van der Waals surface area contributed by atoms with Crippen LogP contribution in [0.1, 0.15) is 32.3 Å². The molecule has 0 bridgehead atoms. The highest BCUT2D eigenvalue weighted by Crippen LogP contribution is 2.18. The van der Waals surface area contributed by atoms with Crippen molar-refractivity contribution in [1.29, 1.82) is 0 Å². The monoisotopic (exact) mass is 282 g/mol. The summed E-state index contributed by atoms with van der Waals surface area (Å²) < 4.78 is 19.1. The Hall–Kier alpha value is -1.62. The van der Waals surface area contributed by atoms with Crippen LogP contribution in [0.5, 0.6) is 5.75 Å². The van der Waals surface area contributed by atoms with Crippen LogP contribution in [0, 0.1) is 5.82 Å². The first-order valence-electron chi connectivity index (χ1n) is 7.06. The maximum Gasteiger partial charge on any atom is 0.223 e. The zero-order chi connectivity index (χ0) is 14.8. The van der Waals surface area contributed by atoms with E-state index in [-0.39, 0.29) is 24.7 Å². The number of nitrogens with one attached hydrogen (secondary N) is 2. The van der Waals surface area contributed by atoms with Gasteiger partial charge in [0.1, 0.15) is 0 Å². The summed E-state index contributed by atoms with van der Waals surface area (Å²) in [4.78, 5) is 11.2. The predicted octanol–water partition coefficient (Wildman–Crippen LogP) is 2.23. The molecule has 0 aliphatic heterocycles. The summed E-state index contributed by atoms with van der Waals surface area (Å²) in [5, 5.41) is 5.87. The van der Waals surface area contributed by atoms with Gasteiger partial charge >= 0.3 is 0 Å². The van der Waals surface area contributed by atoms with Gasteiger partial charge in [0.2, 0.25) is 5.91 Å². The Bertz CT molecular complexity index is 424. The standard InChI is InChI=1S/C15H23FN2O2/c1-3-8-17-11-12-5-6-14(13(16)10-12)20-9-7-15(19)18-4-2/h5-6,10,17H,3-4,7-9,11H2,1-2H3,(H,18,19). The molecule has 0 aliphatic carbocycles. The Morgan fingerprint density at radius 1 is 1.35 bits per heavy atom. The van der Waals surface area contributed by atoms with Gasteiger partial charge in [-0.15, -0.1) is 0 Å². The van der Waals surface area contributed by atoms with Gasteiger partial charge < -0.3 is 15.4 Å². The van der Waals surface area contributed by atoms with E-state index in [9.17, 15) is 9.18 Å². The molecule has 0 aliphatic rings. The average Bonchev–Trinajstić information content (AvgIpc) is 2.42. The lowest BCUT2D eigenvalue weighted by Crippen LogP contribution is -2.24. The van der Waals surface area contributed by atoms with E-state index in [2.05, 4.69) is 17.6 Å². The van der Waals surface area contributed by atoms with Crippen LogP contribution in [0.3, 0.4) is 0 Å². The molecular formula is C15H23FN2O2. The molecule has 0 aromatic heterocycles. The van der Waals surface area contributed by atoms with Crippen molar-refractivity contribution in [1.82, 2.24) is 10.6 Å². The molecule has 0 heterocycles. The third kappa shape index (κ3) is 6.02. The van der Waals surface area contributed by atoms with Crippen LogP contribution < -0.4 is 15.4 Å². The normalized spacial score (nSPS) is 10.3. The number of amides is 1. The Kier molecular flexibility index (Phi) is 7.65. The highest BCUT2D eigenvalue weighted by atomic mass is 19.1. The predicted molar refractivity (Wildman–Crippen MR) is 77.2 cm³/mol. The van der Waals surface area contributed by atoms with E-state index in [4.69, 9.17) is 4.74 Å². The second-order valence-corrected chi connectivity index (χ2v) is 4.49. The van der Waals surface area contributed by atoms with Crippen LogP contribution in [-0.2, 0) is 11.3 Å². The minimum absolute atomic E-state index is 0.0895. The van der Waals surface area contributed by atoms with E-state index in [1.807, 2.05) is 13.0 Å². The summed E-state index contributed by atoms with van der Waals surface area (Å²) in [6.07, 6.45) is 1.27. The number of hydrogen-bond acceptors (Lipinski definition) is 3. The van der Waals surface area contributed by atoms with Crippen molar-refractivity contribution in [3.8, 4) is 5.75 Å². The number of carbonyl (C=O) groups is 1. The quantitative estimate of drug-likeness (QED) is 0.683. The summed E-state index contributed by atoms with van der Waals surface area (Å²) in [5.74, 6) is -0.293. The average molecular weight is 282 g/mol. The molecule has 1 aromatic rings. The molecule has 0 saturated carbocycles. The maximum absolute atomic E-state index is 13.8. The van der Waals surface area contributed by atoms with Crippen molar-refractivity contribution in [2.24, 2.45) is 0 Å². The van der Waals surface area contributed by atoms with E-state index >= 15 is 0 Å². The van der Waals surface area contributed by atoms with Crippen LogP contribution in [0.4, 0.5) is 4.39 Å². The molecule has 0 unspecified atom stereocenters. The minimum atomic E-state index is -0.392. The molecule has 5 heteroatoms. The van der Waals surface area contributed by atoms with E-state index in [1.165, 1.54) is 6.07 Å². The number of carbonyl (C=O) groups excluding carboxylic acids is 1. The lowest BCUT2D eigenvalue weighted by Gasteiger charge is -2.09. The van der Waals surface area contributed by atoms with Crippen molar-refractivity contribution < 1.29 is 13.9 Å². The second-order valence-electron chi connectivity index (χ2n) is 4.49. The minimum Gasteiger partial charge on any atom is -0.490 e. The number of hydrogen-bond donors (Lipinski definition) is 2.